The van der Waals surface area contributed by atoms with Gasteiger partial charge in [-0.1, -0.05) is 23.1 Å². The van der Waals surface area contributed by atoms with Crippen molar-refractivity contribution < 1.29 is 4.79 Å². The van der Waals surface area contributed by atoms with E-state index in [0.29, 0.717) is 5.01 Å². The van der Waals surface area contributed by atoms with Gasteiger partial charge in [0.15, 0.2) is 4.34 Å². The summed E-state index contributed by atoms with van der Waals surface area (Å²) in [5.74, 6) is -0.387. The number of hydrogen-bond acceptors (Lipinski definition) is 5. The monoisotopic (exact) mass is 188 g/mol. The molecular formula is C5H6N3OS2. The summed E-state index contributed by atoms with van der Waals surface area (Å²) in [5, 5.41) is 8.13. The van der Waals surface area contributed by atoms with E-state index in [1.54, 1.807) is 0 Å². The van der Waals surface area contributed by atoms with Gasteiger partial charge in [0.25, 0.3) is 0 Å². The van der Waals surface area contributed by atoms with E-state index in [-0.39, 0.29) is 12.3 Å². The molecular weight excluding hydrogens is 182 g/mol. The van der Waals surface area contributed by atoms with Crippen molar-refractivity contribution in [1.29, 1.82) is 0 Å². The number of aromatic nitrogens is 2. The molecule has 1 radical (unpaired) electrons. The zero-order valence-corrected chi connectivity index (χ0v) is 7.24. The Morgan fingerprint density at radius 1 is 1.73 bits per heavy atom. The Hall–Kier alpha value is -0.620. The predicted molar refractivity (Wildman–Crippen MR) is 44.0 cm³/mol. The summed E-state index contributed by atoms with van der Waals surface area (Å²) >= 11 is 2.60. The summed E-state index contributed by atoms with van der Waals surface area (Å²) in [6.07, 6.45) is 3.72. The molecule has 0 unspecified atom stereocenters. The number of primary amides is 1. The van der Waals surface area contributed by atoms with E-state index in [4.69, 9.17) is 5.73 Å². The van der Waals surface area contributed by atoms with Crippen LogP contribution in [-0.2, 0) is 11.2 Å². The zero-order valence-electron chi connectivity index (χ0n) is 5.61. The average Bonchev–Trinajstić information content (AvgIpc) is 2.34. The van der Waals surface area contributed by atoms with Gasteiger partial charge in [0, 0.05) is 6.26 Å². The summed E-state index contributed by atoms with van der Waals surface area (Å²) in [6, 6.07) is 0. The largest absolute Gasteiger partial charge is 0.369 e. The van der Waals surface area contributed by atoms with Gasteiger partial charge in [-0.05, 0) is 0 Å². The van der Waals surface area contributed by atoms with E-state index in [1.807, 2.05) is 0 Å². The van der Waals surface area contributed by atoms with Crippen molar-refractivity contribution in [2.75, 3.05) is 0 Å². The van der Waals surface area contributed by atoms with Crippen molar-refractivity contribution in [3.05, 3.63) is 11.3 Å². The molecule has 1 amide bonds. The summed E-state index contributed by atoms with van der Waals surface area (Å²) in [4.78, 5) is 10.4. The molecule has 0 aromatic carbocycles. The Labute approximate surface area is 72.2 Å². The van der Waals surface area contributed by atoms with Gasteiger partial charge in [0.05, 0.1) is 6.42 Å². The van der Waals surface area contributed by atoms with Gasteiger partial charge < -0.3 is 5.73 Å². The molecule has 59 valence electrons. The highest BCUT2D eigenvalue weighted by Gasteiger charge is 2.04. The number of carbonyl (C=O) groups excluding carboxylic acids is 1. The lowest BCUT2D eigenvalue weighted by atomic mass is 10.4. The van der Waals surface area contributed by atoms with Crippen molar-refractivity contribution in [2.45, 2.75) is 10.8 Å². The molecule has 6 heteroatoms. The highest BCUT2D eigenvalue weighted by Crippen LogP contribution is 2.20. The fourth-order valence-electron chi connectivity index (χ4n) is 0.517. The lowest BCUT2D eigenvalue weighted by molar-refractivity contribution is -0.117. The number of hydrogen-bond donors (Lipinski definition) is 1. The van der Waals surface area contributed by atoms with Crippen molar-refractivity contribution in [3.63, 3.8) is 0 Å². The first-order chi connectivity index (χ1) is 5.22. The molecule has 4 nitrogen and oxygen atoms in total. The molecule has 0 aliphatic carbocycles. The molecule has 0 spiro atoms. The first-order valence-corrected chi connectivity index (χ1v) is 4.55. The van der Waals surface area contributed by atoms with Crippen LogP contribution in [0.3, 0.4) is 0 Å². The van der Waals surface area contributed by atoms with Gasteiger partial charge in [-0.15, -0.1) is 10.2 Å². The van der Waals surface area contributed by atoms with Gasteiger partial charge in [-0.25, -0.2) is 0 Å². The number of nitrogens with zero attached hydrogens (tertiary/aromatic N) is 2. The maximum Gasteiger partial charge on any atom is 0.224 e. The summed E-state index contributed by atoms with van der Waals surface area (Å²) < 4.78 is 0.751. The SMILES string of the molecule is [CH2]Sc1nnc(CC(N)=O)s1. The normalized spacial score (nSPS) is 9.91. The molecule has 0 atom stereocenters. The second-order valence-electron chi connectivity index (χ2n) is 1.75. The van der Waals surface area contributed by atoms with Crippen LogP contribution in [0.1, 0.15) is 5.01 Å². The molecule has 1 aromatic rings. The molecule has 1 aromatic heterocycles. The molecule has 0 bridgehead atoms. The molecule has 11 heavy (non-hydrogen) atoms. The molecule has 0 aliphatic rings. The maximum atomic E-state index is 10.4. The van der Waals surface area contributed by atoms with Gasteiger partial charge in [-0.3, -0.25) is 4.79 Å². The predicted octanol–water partition coefficient (Wildman–Crippen LogP) is 0.450. The third kappa shape index (κ3) is 2.47. The molecule has 0 saturated carbocycles. The zero-order chi connectivity index (χ0) is 8.27. The van der Waals surface area contributed by atoms with Crippen LogP contribution in [0.5, 0.6) is 0 Å². The number of carbonyl (C=O) groups is 1. The minimum absolute atomic E-state index is 0.165. The van der Waals surface area contributed by atoms with Crippen LogP contribution in [0.15, 0.2) is 4.34 Å². The Balaban J connectivity index is 2.65. The molecule has 1 rings (SSSR count). The lowest BCUT2D eigenvalue weighted by Crippen LogP contribution is -2.13. The van der Waals surface area contributed by atoms with Crippen LogP contribution in [-0.4, -0.2) is 16.1 Å². The number of nitrogens with two attached hydrogens (primary N) is 1. The quantitative estimate of drug-likeness (QED) is 0.699. The first kappa shape index (κ1) is 8.48. The number of rotatable bonds is 3. The fourth-order valence-corrected chi connectivity index (χ4v) is 1.72. The van der Waals surface area contributed by atoms with E-state index >= 15 is 0 Å². The third-order valence-electron chi connectivity index (χ3n) is 0.897. The minimum Gasteiger partial charge on any atom is -0.369 e. The number of amides is 1. The summed E-state index contributed by atoms with van der Waals surface area (Å²) in [5.41, 5.74) is 4.95. The van der Waals surface area contributed by atoms with Gasteiger partial charge in [-0.2, -0.15) is 0 Å². The standard InChI is InChI=1S/C5H6N3OS2/c1-10-5-8-7-4(11-5)2-3(6)9/h1-2H2,(H2,6,9). The van der Waals surface area contributed by atoms with E-state index < -0.39 is 0 Å². The highest BCUT2D eigenvalue weighted by molar-refractivity contribution is 8.02. The van der Waals surface area contributed by atoms with Crippen LogP contribution in [0, 0.1) is 6.26 Å². The topological polar surface area (TPSA) is 68.9 Å². The summed E-state index contributed by atoms with van der Waals surface area (Å²) in [7, 11) is 0. The van der Waals surface area contributed by atoms with Crippen molar-refractivity contribution >= 4 is 29.0 Å². The van der Waals surface area contributed by atoms with Crippen LogP contribution >= 0.6 is 23.1 Å². The van der Waals surface area contributed by atoms with E-state index in [1.165, 1.54) is 23.1 Å². The molecule has 0 aliphatic heterocycles. The van der Waals surface area contributed by atoms with Crippen LogP contribution in [0.2, 0.25) is 0 Å². The van der Waals surface area contributed by atoms with Crippen molar-refractivity contribution in [3.8, 4) is 0 Å². The van der Waals surface area contributed by atoms with Crippen LogP contribution < -0.4 is 5.73 Å². The van der Waals surface area contributed by atoms with Gasteiger partial charge in [0.2, 0.25) is 5.91 Å². The molecule has 0 fully saturated rings. The molecule has 0 saturated heterocycles. The van der Waals surface area contributed by atoms with Crippen LogP contribution in [0.4, 0.5) is 0 Å². The van der Waals surface area contributed by atoms with Crippen LogP contribution in [0.25, 0.3) is 0 Å². The Morgan fingerprint density at radius 2 is 2.45 bits per heavy atom. The lowest BCUT2D eigenvalue weighted by Gasteiger charge is -1.84. The second-order valence-corrected chi connectivity index (χ2v) is 3.74. The molecule has 1 heterocycles. The Kier molecular flexibility index (Phi) is 2.84. The van der Waals surface area contributed by atoms with E-state index in [2.05, 4.69) is 16.5 Å². The molecule has 2 N–H and O–H groups in total. The minimum atomic E-state index is -0.387. The van der Waals surface area contributed by atoms with E-state index in [0.717, 1.165) is 4.34 Å². The third-order valence-corrected chi connectivity index (χ3v) is 2.55. The highest BCUT2D eigenvalue weighted by atomic mass is 32.2. The smallest absolute Gasteiger partial charge is 0.224 e. The second kappa shape index (κ2) is 3.68. The summed E-state index contributed by atoms with van der Waals surface area (Å²) in [6.45, 7) is 0. The fraction of sp³-hybridized carbons (Fsp3) is 0.200. The van der Waals surface area contributed by atoms with Gasteiger partial charge >= 0.3 is 0 Å². The maximum absolute atomic E-state index is 10.4. The average molecular weight is 188 g/mol. The Morgan fingerprint density at radius 3 is 2.91 bits per heavy atom. The first-order valence-electron chi connectivity index (χ1n) is 2.75. The van der Waals surface area contributed by atoms with E-state index in [9.17, 15) is 4.79 Å². The Bertz CT molecular complexity index is 260. The van der Waals surface area contributed by atoms with Crippen molar-refractivity contribution in [1.82, 2.24) is 10.2 Å². The van der Waals surface area contributed by atoms with Crippen molar-refractivity contribution in [2.24, 2.45) is 5.73 Å². The number of thioether (sulfide) groups is 1. The van der Waals surface area contributed by atoms with Gasteiger partial charge in [0.1, 0.15) is 5.01 Å².